The average Bonchev–Trinajstić information content (AvgIpc) is 2.55. The molecule has 1 aliphatic rings. The topological polar surface area (TPSA) is 41.1 Å². The molecule has 2 aromatic rings. The molecule has 0 unspecified atom stereocenters. The predicted octanol–water partition coefficient (Wildman–Crippen LogP) is 2.99. The molecule has 4 heteroatoms. The van der Waals surface area contributed by atoms with Crippen LogP contribution in [0.1, 0.15) is 31.2 Å². The summed E-state index contributed by atoms with van der Waals surface area (Å²) in [5.41, 5.74) is 4.65. The number of aryl methyl sites for hydroxylation is 1. The lowest BCUT2D eigenvalue weighted by atomic mass is 10.1. The standard InChI is InChI=1S/C18H24N4/c1-13(2)18-20-12-16(22-9-7-19-8-10-22)17(21-18)15-6-4-5-14(3)11-15/h4-6,11-13,19H,7-10H2,1-3H3. The van der Waals surface area contributed by atoms with Crippen LogP contribution in [0.5, 0.6) is 0 Å². The fraction of sp³-hybridized carbons (Fsp3) is 0.444. The van der Waals surface area contributed by atoms with E-state index in [1.807, 2.05) is 6.20 Å². The van der Waals surface area contributed by atoms with Crippen molar-refractivity contribution >= 4 is 5.69 Å². The van der Waals surface area contributed by atoms with Crippen molar-refractivity contribution in [2.45, 2.75) is 26.7 Å². The summed E-state index contributed by atoms with van der Waals surface area (Å²) < 4.78 is 0. The number of anilines is 1. The van der Waals surface area contributed by atoms with Crippen molar-refractivity contribution in [2.24, 2.45) is 0 Å². The summed E-state index contributed by atoms with van der Waals surface area (Å²) in [7, 11) is 0. The van der Waals surface area contributed by atoms with Gasteiger partial charge in [0.1, 0.15) is 5.82 Å². The number of nitrogens with zero attached hydrogens (tertiary/aromatic N) is 3. The summed E-state index contributed by atoms with van der Waals surface area (Å²) in [5, 5.41) is 3.40. The zero-order chi connectivity index (χ0) is 15.5. The molecule has 1 N–H and O–H groups in total. The van der Waals surface area contributed by atoms with Crippen LogP contribution in [0, 0.1) is 6.92 Å². The molecule has 0 aliphatic carbocycles. The molecule has 1 aromatic heterocycles. The van der Waals surface area contributed by atoms with Crippen molar-refractivity contribution in [1.82, 2.24) is 15.3 Å². The third-order valence-electron chi connectivity index (χ3n) is 4.05. The smallest absolute Gasteiger partial charge is 0.131 e. The predicted molar refractivity (Wildman–Crippen MR) is 91.4 cm³/mol. The van der Waals surface area contributed by atoms with E-state index >= 15 is 0 Å². The summed E-state index contributed by atoms with van der Waals surface area (Å²) in [5.74, 6) is 1.25. The maximum absolute atomic E-state index is 4.89. The Kier molecular flexibility index (Phi) is 4.39. The zero-order valence-corrected chi connectivity index (χ0v) is 13.6. The first kappa shape index (κ1) is 15.0. The molecule has 4 nitrogen and oxygen atoms in total. The fourth-order valence-electron chi connectivity index (χ4n) is 2.81. The molecule has 22 heavy (non-hydrogen) atoms. The summed E-state index contributed by atoms with van der Waals surface area (Å²) >= 11 is 0. The number of piperazine rings is 1. The molecule has 0 spiro atoms. The quantitative estimate of drug-likeness (QED) is 0.945. The fourth-order valence-corrected chi connectivity index (χ4v) is 2.81. The van der Waals surface area contributed by atoms with Crippen molar-refractivity contribution in [3.8, 4) is 11.3 Å². The van der Waals surface area contributed by atoms with E-state index in [1.54, 1.807) is 0 Å². The van der Waals surface area contributed by atoms with Gasteiger partial charge in [0.25, 0.3) is 0 Å². The Labute approximate surface area is 132 Å². The van der Waals surface area contributed by atoms with E-state index in [2.05, 4.69) is 60.2 Å². The van der Waals surface area contributed by atoms with Crippen molar-refractivity contribution in [3.63, 3.8) is 0 Å². The van der Waals surface area contributed by atoms with Crippen LogP contribution in [-0.2, 0) is 0 Å². The van der Waals surface area contributed by atoms with Crippen LogP contribution in [0.25, 0.3) is 11.3 Å². The molecule has 116 valence electrons. The second-order valence-electron chi connectivity index (χ2n) is 6.22. The largest absolute Gasteiger partial charge is 0.366 e. The molecule has 1 aliphatic heterocycles. The number of hydrogen-bond acceptors (Lipinski definition) is 4. The minimum Gasteiger partial charge on any atom is -0.366 e. The first-order valence-electron chi connectivity index (χ1n) is 8.05. The van der Waals surface area contributed by atoms with Gasteiger partial charge in [-0.3, -0.25) is 0 Å². The van der Waals surface area contributed by atoms with E-state index in [0.717, 1.165) is 43.4 Å². The summed E-state index contributed by atoms with van der Waals surface area (Å²) in [6, 6.07) is 8.57. The molecule has 1 aromatic carbocycles. The van der Waals surface area contributed by atoms with Crippen LogP contribution >= 0.6 is 0 Å². The van der Waals surface area contributed by atoms with Gasteiger partial charge in [0, 0.05) is 37.7 Å². The van der Waals surface area contributed by atoms with E-state index in [1.165, 1.54) is 11.1 Å². The van der Waals surface area contributed by atoms with E-state index in [4.69, 9.17) is 4.98 Å². The Bertz CT molecular complexity index is 645. The second kappa shape index (κ2) is 6.44. The van der Waals surface area contributed by atoms with Crippen molar-refractivity contribution in [1.29, 1.82) is 0 Å². The third-order valence-corrected chi connectivity index (χ3v) is 4.05. The van der Waals surface area contributed by atoms with Crippen molar-refractivity contribution in [3.05, 3.63) is 41.9 Å². The van der Waals surface area contributed by atoms with Crippen molar-refractivity contribution < 1.29 is 0 Å². The van der Waals surface area contributed by atoms with Crippen LogP contribution in [0.4, 0.5) is 5.69 Å². The SMILES string of the molecule is Cc1cccc(-c2nc(C(C)C)ncc2N2CCNCC2)c1. The molecular weight excluding hydrogens is 272 g/mol. The molecule has 2 heterocycles. The number of rotatable bonds is 3. The highest BCUT2D eigenvalue weighted by Gasteiger charge is 2.18. The van der Waals surface area contributed by atoms with Gasteiger partial charge in [-0.15, -0.1) is 0 Å². The van der Waals surface area contributed by atoms with E-state index in [0.29, 0.717) is 5.92 Å². The highest BCUT2D eigenvalue weighted by molar-refractivity contribution is 5.75. The Balaban J connectivity index is 2.08. The van der Waals surface area contributed by atoms with Gasteiger partial charge in [-0.2, -0.15) is 0 Å². The van der Waals surface area contributed by atoms with Gasteiger partial charge in [-0.05, 0) is 13.0 Å². The Hall–Kier alpha value is -1.94. The lowest BCUT2D eigenvalue weighted by molar-refractivity contribution is 0.588. The molecule has 0 radical (unpaired) electrons. The maximum atomic E-state index is 4.89. The highest BCUT2D eigenvalue weighted by Crippen LogP contribution is 2.30. The van der Waals surface area contributed by atoms with Gasteiger partial charge < -0.3 is 10.2 Å². The molecular formula is C18H24N4. The third kappa shape index (κ3) is 3.12. The first-order valence-corrected chi connectivity index (χ1v) is 8.05. The lowest BCUT2D eigenvalue weighted by Crippen LogP contribution is -2.43. The Morgan fingerprint density at radius 3 is 2.64 bits per heavy atom. The van der Waals surface area contributed by atoms with E-state index in [9.17, 15) is 0 Å². The van der Waals surface area contributed by atoms with Gasteiger partial charge in [-0.25, -0.2) is 9.97 Å². The molecule has 0 amide bonds. The van der Waals surface area contributed by atoms with Crippen LogP contribution in [0.3, 0.4) is 0 Å². The number of aromatic nitrogens is 2. The van der Waals surface area contributed by atoms with Gasteiger partial charge in [-0.1, -0.05) is 37.6 Å². The Morgan fingerprint density at radius 2 is 1.95 bits per heavy atom. The number of nitrogens with one attached hydrogen (secondary N) is 1. The minimum atomic E-state index is 0.334. The molecule has 0 saturated carbocycles. The van der Waals surface area contributed by atoms with Gasteiger partial charge in [0.15, 0.2) is 0 Å². The number of hydrogen-bond donors (Lipinski definition) is 1. The first-order chi connectivity index (χ1) is 10.6. The van der Waals surface area contributed by atoms with Crippen LogP contribution < -0.4 is 10.2 Å². The van der Waals surface area contributed by atoms with E-state index in [-0.39, 0.29) is 0 Å². The molecule has 0 atom stereocenters. The van der Waals surface area contributed by atoms with Crippen LogP contribution in [0.15, 0.2) is 30.5 Å². The second-order valence-corrected chi connectivity index (χ2v) is 6.22. The Morgan fingerprint density at radius 1 is 1.18 bits per heavy atom. The summed E-state index contributed by atoms with van der Waals surface area (Å²) in [4.78, 5) is 11.9. The summed E-state index contributed by atoms with van der Waals surface area (Å²) in [6.45, 7) is 10.4. The minimum absolute atomic E-state index is 0.334. The normalized spacial score (nSPS) is 15.4. The highest BCUT2D eigenvalue weighted by atomic mass is 15.2. The molecule has 1 fully saturated rings. The van der Waals surface area contributed by atoms with Crippen LogP contribution in [0.2, 0.25) is 0 Å². The van der Waals surface area contributed by atoms with Gasteiger partial charge >= 0.3 is 0 Å². The van der Waals surface area contributed by atoms with Gasteiger partial charge in [0.2, 0.25) is 0 Å². The molecule has 3 rings (SSSR count). The average molecular weight is 296 g/mol. The number of benzene rings is 1. The maximum Gasteiger partial charge on any atom is 0.131 e. The summed E-state index contributed by atoms with van der Waals surface area (Å²) in [6.07, 6.45) is 2.01. The van der Waals surface area contributed by atoms with Gasteiger partial charge in [0.05, 0.1) is 17.6 Å². The van der Waals surface area contributed by atoms with E-state index < -0.39 is 0 Å². The molecule has 0 bridgehead atoms. The lowest BCUT2D eigenvalue weighted by Gasteiger charge is -2.30. The molecule has 1 saturated heterocycles. The van der Waals surface area contributed by atoms with Crippen LogP contribution in [-0.4, -0.2) is 36.1 Å². The monoisotopic (exact) mass is 296 g/mol. The zero-order valence-electron chi connectivity index (χ0n) is 13.6. The van der Waals surface area contributed by atoms with Crippen molar-refractivity contribution in [2.75, 3.05) is 31.1 Å².